The van der Waals surface area contributed by atoms with Gasteiger partial charge in [0, 0.05) is 31.9 Å². The Morgan fingerprint density at radius 3 is 2.50 bits per heavy atom. The molecule has 0 saturated carbocycles. The van der Waals surface area contributed by atoms with Gasteiger partial charge in [0.05, 0.1) is 16.6 Å². The molecule has 164 valence electrons. The van der Waals surface area contributed by atoms with Crippen LogP contribution < -0.4 is 34.5 Å². The SMILES string of the molecule is CCn1cc(C(=O)O)c(=O)c2cc(OCF)c(N3CCC(NC)C3)cc21.[B+3].[F-].[F-].[F-]. The molecule has 1 aliphatic heterocycles. The van der Waals surface area contributed by atoms with Gasteiger partial charge in [-0.2, -0.15) is 0 Å². The van der Waals surface area contributed by atoms with Crippen molar-refractivity contribution in [2.75, 3.05) is 31.9 Å². The van der Waals surface area contributed by atoms with E-state index in [0.717, 1.165) is 19.5 Å². The average Bonchev–Trinajstić information content (AvgIpc) is 3.11. The number of rotatable bonds is 6. The summed E-state index contributed by atoms with van der Waals surface area (Å²) in [6.45, 7) is 2.87. The van der Waals surface area contributed by atoms with Crippen LogP contribution >= 0.6 is 0 Å². The molecule has 3 rings (SSSR count). The minimum absolute atomic E-state index is 0. The molecule has 1 saturated heterocycles. The number of carboxylic acids is 1. The molecule has 1 aromatic carbocycles. The summed E-state index contributed by atoms with van der Waals surface area (Å²) in [7, 11) is 1.90. The molecule has 1 aliphatic rings. The largest absolute Gasteiger partial charge is 3.00 e. The Labute approximate surface area is 172 Å². The minimum Gasteiger partial charge on any atom is -1.00 e. The van der Waals surface area contributed by atoms with E-state index < -0.39 is 18.3 Å². The number of carboxylic acid groups (broad SMARTS) is 1. The van der Waals surface area contributed by atoms with Crippen molar-refractivity contribution in [2.24, 2.45) is 0 Å². The van der Waals surface area contributed by atoms with Crippen LogP contribution in [0.3, 0.4) is 0 Å². The van der Waals surface area contributed by atoms with Gasteiger partial charge in [0.15, 0.2) is 0 Å². The Kier molecular flexibility index (Phi) is 11.8. The van der Waals surface area contributed by atoms with E-state index in [2.05, 4.69) is 10.2 Å². The number of nitrogens with zero attached hydrogens (tertiary/aromatic N) is 2. The first-order chi connectivity index (χ1) is 12.5. The Hall–Kier alpha value is -2.76. The number of pyridine rings is 1. The topological polar surface area (TPSA) is 83.8 Å². The van der Waals surface area contributed by atoms with Crippen LogP contribution in [0.4, 0.5) is 10.1 Å². The van der Waals surface area contributed by atoms with E-state index in [9.17, 15) is 19.1 Å². The molecule has 1 unspecified atom stereocenters. The number of likely N-dealkylation sites (N-methyl/N-ethyl adjacent to an activating group) is 1. The Balaban J connectivity index is 0. The molecule has 2 N–H and O–H groups in total. The summed E-state index contributed by atoms with van der Waals surface area (Å²) in [5.74, 6) is -1.04. The summed E-state index contributed by atoms with van der Waals surface area (Å²) in [4.78, 5) is 26.0. The van der Waals surface area contributed by atoms with Crippen molar-refractivity contribution in [1.29, 1.82) is 0 Å². The van der Waals surface area contributed by atoms with Gasteiger partial charge in [-0.25, -0.2) is 9.18 Å². The van der Waals surface area contributed by atoms with E-state index in [1.54, 1.807) is 10.6 Å². The third kappa shape index (κ3) is 5.23. The second-order valence-corrected chi connectivity index (χ2v) is 6.27. The first kappa shape index (κ1) is 29.4. The van der Waals surface area contributed by atoms with Crippen molar-refractivity contribution in [3.05, 3.63) is 34.1 Å². The van der Waals surface area contributed by atoms with E-state index >= 15 is 0 Å². The molecule has 0 aliphatic carbocycles. The van der Waals surface area contributed by atoms with Gasteiger partial charge in [-0.05, 0) is 32.5 Å². The fraction of sp³-hybridized carbons (Fsp3) is 0.444. The van der Waals surface area contributed by atoms with E-state index in [-0.39, 0.29) is 39.2 Å². The third-order valence-electron chi connectivity index (χ3n) is 4.88. The molecule has 0 amide bonds. The standard InChI is InChI=1S/C18H22FN3O4.B.3FH/c1-3-21-9-13(18(24)25)17(23)12-6-16(26-10-19)15(7-14(12)21)22-5-4-11(8-22)20-2;;;;/h6-7,9,11,20H,3-5,8,10H2,1-2H3,(H,24,25);;3*1H/q;+3;;;/p-3. The molecule has 7 nitrogen and oxygen atoms in total. The van der Waals surface area contributed by atoms with Crippen LogP contribution in [0.15, 0.2) is 23.1 Å². The maximum atomic E-state index is 12.9. The van der Waals surface area contributed by atoms with Gasteiger partial charge in [0.2, 0.25) is 12.3 Å². The van der Waals surface area contributed by atoms with Gasteiger partial charge < -0.3 is 38.7 Å². The fourth-order valence-corrected chi connectivity index (χ4v) is 3.46. The van der Waals surface area contributed by atoms with E-state index in [1.165, 1.54) is 12.3 Å². The predicted octanol–water partition coefficient (Wildman–Crippen LogP) is -7.55. The van der Waals surface area contributed by atoms with Gasteiger partial charge in [-0.15, -0.1) is 0 Å². The number of hydrogen-bond acceptors (Lipinski definition) is 5. The molecule has 12 heteroatoms. The van der Waals surface area contributed by atoms with Crippen LogP contribution in [-0.2, 0) is 6.54 Å². The van der Waals surface area contributed by atoms with Crippen molar-refractivity contribution in [3.63, 3.8) is 0 Å². The number of nitrogens with one attached hydrogen (secondary N) is 1. The summed E-state index contributed by atoms with van der Waals surface area (Å²) in [6, 6.07) is 3.57. The molecule has 0 radical (unpaired) electrons. The fourth-order valence-electron chi connectivity index (χ4n) is 3.46. The number of aromatic carboxylic acids is 1. The number of halogens is 4. The zero-order chi connectivity index (χ0) is 18.8. The second-order valence-electron chi connectivity index (χ2n) is 6.27. The maximum absolute atomic E-state index is 12.9. The van der Waals surface area contributed by atoms with Crippen LogP contribution in [0.2, 0.25) is 0 Å². The van der Waals surface area contributed by atoms with Gasteiger partial charge in [0.1, 0.15) is 11.3 Å². The zero-order valence-corrected chi connectivity index (χ0v) is 16.5. The van der Waals surface area contributed by atoms with Gasteiger partial charge >= 0.3 is 14.4 Å². The molecule has 1 fully saturated rings. The van der Waals surface area contributed by atoms with Crippen molar-refractivity contribution >= 4 is 31.0 Å². The Bertz CT molecular complexity index is 913. The summed E-state index contributed by atoms with van der Waals surface area (Å²) < 4.78 is 19.8. The third-order valence-corrected chi connectivity index (χ3v) is 4.88. The average molecular weight is 431 g/mol. The number of aromatic nitrogens is 1. The number of carbonyl (C=O) groups is 1. The van der Waals surface area contributed by atoms with Crippen LogP contribution in [0, 0.1) is 0 Å². The number of fused-ring (bicyclic) bond motifs is 1. The number of aryl methyl sites for hydroxylation is 1. The number of ether oxygens (including phenoxy) is 1. The maximum Gasteiger partial charge on any atom is 3.00 e. The molecule has 1 atom stereocenters. The van der Waals surface area contributed by atoms with Crippen molar-refractivity contribution in [2.45, 2.75) is 25.9 Å². The van der Waals surface area contributed by atoms with E-state index in [1.807, 2.05) is 14.0 Å². The molecule has 0 spiro atoms. The summed E-state index contributed by atoms with van der Waals surface area (Å²) in [5.41, 5.74) is 0.408. The van der Waals surface area contributed by atoms with Gasteiger partial charge in [-0.1, -0.05) is 0 Å². The number of hydrogen-bond donors (Lipinski definition) is 2. The molecule has 1 aromatic heterocycles. The normalized spacial score (nSPS) is 14.8. The van der Waals surface area contributed by atoms with Gasteiger partial charge in [0.25, 0.3) is 0 Å². The zero-order valence-electron chi connectivity index (χ0n) is 16.5. The molecule has 30 heavy (non-hydrogen) atoms. The summed E-state index contributed by atoms with van der Waals surface area (Å²) in [5, 5.41) is 12.7. The van der Waals surface area contributed by atoms with Crippen LogP contribution in [0.25, 0.3) is 10.9 Å². The smallest absolute Gasteiger partial charge is 1.00 e. The van der Waals surface area contributed by atoms with Crippen LogP contribution in [0.1, 0.15) is 23.7 Å². The second kappa shape index (κ2) is 12.1. The minimum atomic E-state index is -1.28. The quantitative estimate of drug-likeness (QED) is 0.350. The van der Waals surface area contributed by atoms with Crippen molar-refractivity contribution in [3.8, 4) is 5.75 Å². The number of alkyl halides is 1. The van der Waals surface area contributed by atoms with E-state index in [4.69, 9.17) is 4.74 Å². The van der Waals surface area contributed by atoms with Crippen molar-refractivity contribution < 1.29 is 33.1 Å². The summed E-state index contributed by atoms with van der Waals surface area (Å²) in [6.07, 6.45) is 2.30. The van der Waals surface area contributed by atoms with Gasteiger partial charge in [-0.3, -0.25) is 4.79 Å². The van der Waals surface area contributed by atoms with Crippen molar-refractivity contribution in [1.82, 2.24) is 9.88 Å². The molecule has 2 aromatic rings. The number of benzene rings is 1. The first-order valence-corrected chi connectivity index (χ1v) is 8.55. The van der Waals surface area contributed by atoms with Crippen LogP contribution in [-0.4, -0.2) is 57.1 Å². The summed E-state index contributed by atoms with van der Waals surface area (Å²) >= 11 is 0. The molecular formula is C18H22BF4N3O4. The monoisotopic (exact) mass is 431 g/mol. The molecule has 2 heterocycles. The number of anilines is 1. The van der Waals surface area contributed by atoms with E-state index in [0.29, 0.717) is 23.8 Å². The predicted molar refractivity (Wildman–Crippen MR) is 103 cm³/mol. The first-order valence-electron chi connectivity index (χ1n) is 8.55. The Morgan fingerprint density at radius 2 is 2.00 bits per heavy atom. The molecular weight excluding hydrogens is 409 g/mol. The Morgan fingerprint density at radius 1 is 1.33 bits per heavy atom. The molecule has 0 bridgehead atoms. The van der Waals surface area contributed by atoms with Crippen LogP contribution in [0.5, 0.6) is 5.75 Å².